The van der Waals surface area contributed by atoms with Crippen LogP contribution >= 0.6 is 11.6 Å². The third-order valence-corrected chi connectivity index (χ3v) is 8.15. The Bertz CT molecular complexity index is 1720. The molecule has 0 unspecified atom stereocenters. The molecule has 0 radical (unpaired) electrons. The second kappa shape index (κ2) is 10.6. The van der Waals surface area contributed by atoms with Crippen LogP contribution in [0.15, 0.2) is 77.6 Å². The van der Waals surface area contributed by atoms with E-state index in [1.165, 1.54) is 23.1 Å². The number of halogens is 4. The van der Waals surface area contributed by atoms with E-state index in [-0.39, 0.29) is 34.6 Å². The Morgan fingerprint density at radius 2 is 1.79 bits per heavy atom. The summed E-state index contributed by atoms with van der Waals surface area (Å²) in [5, 5.41) is 10.8. The van der Waals surface area contributed by atoms with Crippen LogP contribution < -0.4 is 10.3 Å². The summed E-state index contributed by atoms with van der Waals surface area (Å²) < 4.78 is 42.3. The van der Waals surface area contributed by atoms with Gasteiger partial charge in [-0.05, 0) is 53.3 Å². The van der Waals surface area contributed by atoms with Gasteiger partial charge in [0.05, 0.1) is 28.2 Å². The Labute approximate surface area is 243 Å². The molecule has 11 heteroatoms. The molecule has 1 saturated carbocycles. The average molecular weight is 596 g/mol. The van der Waals surface area contributed by atoms with Gasteiger partial charge in [-0.3, -0.25) is 9.59 Å². The number of nitrogens with one attached hydrogen (secondary N) is 1. The minimum atomic E-state index is -4.92. The number of hydrogen-bond acceptors (Lipinski definition) is 5. The van der Waals surface area contributed by atoms with Crippen molar-refractivity contribution in [2.45, 2.75) is 43.7 Å². The molecule has 0 bridgehead atoms. The highest BCUT2D eigenvalue weighted by molar-refractivity contribution is 6.32. The molecule has 1 atom stereocenters. The van der Waals surface area contributed by atoms with Crippen molar-refractivity contribution in [3.05, 3.63) is 116 Å². The molecule has 0 saturated heterocycles. The van der Waals surface area contributed by atoms with Crippen LogP contribution in [0.2, 0.25) is 5.02 Å². The first-order valence-corrected chi connectivity index (χ1v) is 13.7. The largest absolute Gasteiger partial charge is 0.573 e. The lowest BCUT2D eigenvalue weighted by atomic mass is 9.94. The van der Waals surface area contributed by atoms with E-state index in [2.05, 4.69) is 9.72 Å². The smallest absolute Gasteiger partial charge is 0.404 e. The van der Waals surface area contributed by atoms with Gasteiger partial charge in [-0.1, -0.05) is 66.2 Å². The molecule has 2 aliphatic rings. The summed E-state index contributed by atoms with van der Waals surface area (Å²) in [5.74, 6) is -0.518. The van der Waals surface area contributed by atoms with Crippen molar-refractivity contribution in [1.29, 1.82) is 0 Å². The van der Waals surface area contributed by atoms with Gasteiger partial charge in [0.15, 0.2) is 6.10 Å². The maximum atomic E-state index is 13.3. The third kappa shape index (κ3) is 5.39. The number of carbonyl (C=O) groups is 1. The van der Waals surface area contributed by atoms with Crippen LogP contribution in [0.1, 0.15) is 47.2 Å². The Morgan fingerprint density at radius 3 is 2.50 bits per heavy atom. The molecule has 3 aromatic carbocycles. The second-order valence-corrected chi connectivity index (χ2v) is 10.9. The molecule has 0 spiro atoms. The summed E-state index contributed by atoms with van der Waals surface area (Å²) in [4.78, 5) is 35.7. The molecule has 1 aromatic heterocycles. The molecule has 1 aliphatic carbocycles. The highest BCUT2D eigenvalue weighted by atomic mass is 35.5. The quantitative estimate of drug-likeness (QED) is 0.299. The fourth-order valence-electron chi connectivity index (χ4n) is 5.47. The molecule has 4 aromatic rings. The summed E-state index contributed by atoms with van der Waals surface area (Å²) in [7, 11) is 0. The van der Waals surface area contributed by atoms with Crippen LogP contribution in [0.3, 0.4) is 0 Å². The maximum absolute atomic E-state index is 13.3. The lowest BCUT2D eigenvalue weighted by Crippen LogP contribution is -2.42. The highest BCUT2D eigenvalue weighted by Crippen LogP contribution is 2.52. The summed E-state index contributed by atoms with van der Waals surface area (Å²) in [6, 6.07) is 20.1. The Balaban J connectivity index is 1.21. The van der Waals surface area contributed by atoms with E-state index in [4.69, 9.17) is 16.6 Å². The van der Waals surface area contributed by atoms with Crippen LogP contribution in [-0.4, -0.2) is 38.8 Å². The number of benzene rings is 3. The van der Waals surface area contributed by atoms with E-state index in [0.717, 1.165) is 24.5 Å². The predicted octanol–water partition coefficient (Wildman–Crippen LogP) is 5.69. The standard InChI is InChI=1S/C31H25ClF3N3O4/c32-23-10-9-19(16-25(23)42-31(33,34)35)18-5-4-6-20(15-18)26(39)28(41)38-14-11-24-22(17-38)27(40)37-29(36-24)30(12-13-30)21-7-2-1-3-8-21/h1-10,15-16,26,39H,11-14,17H2,(H,36,37,40)/t26-/m1/s1. The number of fused-ring (bicyclic) bond motifs is 1. The zero-order valence-electron chi connectivity index (χ0n) is 22.1. The average Bonchev–Trinajstić information content (AvgIpc) is 3.79. The zero-order valence-corrected chi connectivity index (χ0v) is 22.9. The van der Waals surface area contributed by atoms with Crippen LogP contribution in [0, 0.1) is 0 Å². The molecule has 216 valence electrons. The van der Waals surface area contributed by atoms with Gasteiger partial charge in [0.2, 0.25) is 0 Å². The van der Waals surface area contributed by atoms with E-state index in [1.807, 2.05) is 30.3 Å². The minimum Gasteiger partial charge on any atom is -0.404 e. The van der Waals surface area contributed by atoms with Crippen LogP contribution in [0.5, 0.6) is 5.75 Å². The van der Waals surface area contributed by atoms with Gasteiger partial charge in [-0.25, -0.2) is 4.98 Å². The Morgan fingerprint density at radius 1 is 1.05 bits per heavy atom. The molecular weight excluding hydrogens is 571 g/mol. The molecule has 1 fully saturated rings. The topological polar surface area (TPSA) is 95.5 Å². The lowest BCUT2D eigenvalue weighted by molar-refractivity contribution is -0.274. The number of aliphatic hydroxyl groups excluding tert-OH is 1. The molecular formula is C31H25ClF3N3O4. The van der Waals surface area contributed by atoms with Gasteiger partial charge in [0, 0.05) is 13.0 Å². The zero-order chi connectivity index (χ0) is 29.6. The number of ether oxygens (including phenoxy) is 1. The van der Waals surface area contributed by atoms with Crippen molar-refractivity contribution < 1.29 is 27.8 Å². The molecule has 1 aliphatic heterocycles. The van der Waals surface area contributed by atoms with Crippen LogP contribution in [0.25, 0.3) is 11.1 Å². The van der Waals surface area contributed by atoms with Gasteiger partial charge in [0.1, 0.15) is 11.6 Å². The SMILES string of the molecule is O=C([C@H](O)c1cccc(-c2ccc(Cl)c(OC(F)(F)F)c2)c1)N1CCc2nc(C3(c4ccccc4)CC3)[nH]c(=O)c2C1. The number of aromatic amines is 1. The Hall–Kier alpha value is -4.15. The normalized spacial score (nSPS) is 16.5. The number of aliphatic hydroxyl groups is 1. The molecule has 42 heavy (non-hydrogen) atoms. The van der Waals surface area contributed by atoms with Gasteiger partial charge < -0.3 is 19.7 Å². The first-order chi connectivity index (χ1) is 20.0. The minimum absolute atomic E-state index is 0.00118. The summed E-state index contributed by atoms with van der Waals surface area (Å²) in [6.45, 7) is 0.271. The number of alkyl halides is 3. The fourth-order valence-corrected chi connectivity index (χ4v) is 5.63. The first-order valence-electron chi connectivity index (χ1n) is 13.3. The number of amides is 1. The van der Waals surface area contributed by atoms with Crippen molar-refractivity contribution in [3.8, 4) is 16.9 Å². The van der Waals surface area contributed by atoms with Crippen molar-refractivity contribution in [3.63, 3.8) is 0 Å². The van der Waals surface area contributed by atoms with Gasteiger partial charge in [-0.15, -0.1) is 13.2 Å². The maximum Gasteiger partial charge on any atom is 0.573 e. The first kappa shape index (κ1) is 28.0. The van der Waals surface area contributed by atoms with Crippen LogP contribution in [0.4, 0.5) is 13.2 Å². The van der Waals surface area contributed by atoms with E-state index >= 15 is 0 Å². The molecule has 2 N–H and O–H groups in total. The fraction of sp³-hybridized carbons (Fsp3) is 0.258. The summed E-state index contributed by atoms with van der Waals surface area (Å²) >= 11 is 5.86. The lowest BCUT2D eigenvalue weighted by Gasteiger charge is -2.30. The molecule has 7 nitrogen and oxygen atoms in total. The number of carbonyl (C=O) groups excluding carboxylic acids is 1. The van der Waals surface area contributed by atoms with E-state index in [0.29, 0.717) is 34.6 Å². The van der Waals surface area contributed by atoms with E-state index in [9.17, 15) is 27.9 Å². The molecule has 1 amide bonds. The number of aromatic nitrogens is 2. The van der Waals surface area contributed by atoms with Gasteiger partial charge in [-0.2, -0.15) is 0 Å². The second-order valence-electron chi connectivity index (χ2n) is 10.5. The van der Waals surface area contributed by atoms with Gasteiger partial charge >= 0.3 is 6.36 Å². The molecule has 2 heterocycles. The predicted molar refractivity (Wildman–Crippen MR) is 149 cm³/mol. The van der Waals surface area contributed by atoms with E-state index in [1.54, 1.807) is 18.2 Å². The van der Waals surface area contributed by atoms with Crippen molar-refractivity contribution in [1.82, 2.24) is 14.9 Å². The van der Waals surface area contributed by atoms with Crippen molar-refractivity contribution >= 4 is 17.5 Å². The number of hydrogen-bond donors (Lipinski definition) is 2. The van der Waals surface area contributed by atoms with E-state index < -0.39 is 24.1 Å². The number of H-pyrrole nitrogens is 1. The number of rotatable bonds is 6. The number of nitrogens with zero attached hydrogens (tertiary/aromatic N) is 2. The third-order valence-electron chi connectivity index (χ3n) is 7.84. The highest BCUT2D eigenvalue weighted by Gasteiger charge is 2.48. The monoisotopic (exact) mass is 595 g/mol. The van der Waals surface area contributed by atoms with Crippen LogP contribution in [-0.2, 0) is 23.2 Å². The Kier molecular flexibility index (Phi) is 7.06. The van der Waals surface area contributed by atoms with Crippen molar-refractivity contribution in [2.24, 2.45) is 0 Å². The molecule has 6 rings (SSSR count). The van der Waals surface area contributed by atoms with Crippen molar-refractivity contribution in [2.75, 3.05) is 6.54 Å². The van der Waals surface area contributed by atoms with Gasteiger partial charge in [0.25, 0.3) is 11.5 Å². The summed E-state index contributed by atoms with van der Waals surface area (Å²) in [5.41, 5.74) is 2.60. The summed E-state index contributed by atoms with van der Waals surface area (Å²) in [6.07, 6.45) is -4.33.